The molecular weight excluding hydrogens is 308 g/mol. The number of rotatable bonds is 5. The number of piperazine rings is 1. The van der Waals surface area contributed by atoms with Crippen molar-refractivity contribution in [2.75, 3.05) is 51.7 Å². The lowest BCUT2D eigenvalue weighted by atomic mass is 10.3. The maximum atomic E-state index is 11.2. The molecule has 1 aromatic carbocycles. The van der Waals surface area contributed by atoms with Crippen LogP contribution in [-0.2, 0) is 6.54 Å². The van der Waals surface area contributed by atoms with E-state index in [1.54, 1.807) is 6.07 Å². The maximum Gasteiger partial charge on any atom is 0.410 e. The first-order valence-electron chi connectivity index (χ1n) is 8.13. The highest BCUT2D eigenvalue weighted by molar-refractivity contribution is 5.87. The molecule has 1 aliphatic rings. The Labute approximate surface area is 141 Å². The number of aromatic nitrogens is 2. The largest absolute Gasteiger partial charge is 0.410 e. The van der Waals surface area contributed by atoms with Crippen LogP contribution >= 0.6 is 0 Å². The van der Waals surface area contributed by atoms with Crippen LogP contribution in [0.4, 0.5) is 10.7 Å². The summed E-state index contributed by atoms with van der Waals surface area (Å²) in [5.74, 6) is 1.31. The monoisotopic (exact) mass is 332 g/mol. The van der Waals surface area contributed by atoms with Crippen LogP contribution in [0.25, 0.3) is 11.0 Å². The predicted octanol–water partition coefficient (Wildman–Crippen LogP) is 0.465. The van der Waals surface area contributed by atoms with Crippen molar-refractivity contribution in [3.05, 3.63) is 18.2 Å². The molecule has 3 N–H and O–H groups in total. The summed E-state index contributed by atoms with van der Waals surface area (Å²) in [5.41, 5.74) is 6.80. The lowest BCUT2D eigenvalue weighted by Gasteiger charge is -2.29. The average molecular weight is 332 g/mol. The van der Waals surface area contributed by atoms with E-state index in [2.05, 4.69) is 19.7 Å². The van der Waals surface area contributed by atoms with E-state index in [9.17, 15) is 4.79 Å². The minimum absolute atomic E-state index is 0.403. The van der Waals surface area contributed by atoms with Crippen molar-refractivity contribution in [3.63, 3.8) is 0 Å². The van der Waals surface area contributed by atoms with Gasteiger partial charge in [-0.2, -0.15) is 0 Å². The summed E-state index contributed by atoms with van der Waals surface area (Å²) >= 11 is 0. The molecule has 130 valence electrons. The molecule has 0 radical (unpaired) electrons. The average Bonchev–Trinajstić information content (AvgIpc) is 2.93. The van der Waals surface area contributed by atoms with Crippen LogP contribution in [-0.4, -0.2) is 67.4 Å². The molecule has 0 aliphatic carbocycles. The third kappa shape index (κ3) is 3.44. The fraction of sp³-hybridized carbons (Fsp3) is 0.500. The first-order valence-corrected chi connectivity index (χ1v) is 8.13. The Morgan fingerprint density at radius 3 is 2.79 bits per heavy atom. The van der Waals surface area contributed by atoms with Gasteiger partial charge in [-0.25, -0.2) is 9.78 Å². The number of amides is 1. The second-order valence-electron chi connectivity index (χ2n) is 6.15. The molecule has 0 bridgehead atoms. The van der Waals surface area contributed by atoms with E-state index in [1.165, 1.54) is 0 Å². The number of imidazole rings is 1. The van der Waals surface area contributed by atoms with E-state index in [4.69, 9.17) is 15.5 Å². The Kier molecular flexibility index (Phi) is 4.86. The van der Waals surface area contributed by atoms with E-state index in [1.807, 2.05) is 26.2 Å². The predicted molar refractivity (Wildman–Crippen MR) is 93.6 cm³/mol. The number of nitrogens with zero attached hydrogens (tertiary/aromatic N) is 4. The van der Waals surface area contributed by atoms with Crippen molar-refractivity contribution in [2.45, 2.75) is 6.54 Å². The second-order valence-corrected chi connectivity index (χ2v) is 6.15. The molecule has 8 nitrogen and oxygen atoms in total. The molecule has 1 aromatic heterocycles. The van der Waals surface area contributed by atoms with E-state index in [0.29, 0.717) is 11.3 Å². The van der Waals surface area contributed by atoms with Crippen molar-refractivity contribution in [3.8, 4) is 5.75 Å². The smallest absolute Gasteiger partial charge is 0.408 e. The molecule has 8 heteroatoms. The minimum Gasteiger partial charge on any atom is -0.408 e. The normalized spacial score (nSPS) is 15.2. The zero-order valence-corrected chi connectivity index (χ0v) is 14.2. The molecule has 1 amide bonds. The number of primary amides is 1. The third-order valence-corrected chi connectivity index (χ3v) is 4.10. The van der Waals surface area contributed by atoms with Gasteiger partial charge in [-0.15, -0.1) is 0 Å². The minimum atomic E-state index is -0.825. The van der Waals surface area contributed by atoms with E-state index in [0.717, 1.165) is 50.7 Å². The van der Waals surface area contributed by atoms with Crippen molar-refractivity contribution in [2.24, 2.45) is 5.73 Å². The van der Waals surface area contributed by atoms with Gasteiger partial charge in [0.05, 0.1) is 5.52 Å². The van der Waals surface area contributed by atoms with Crippen LogP contribution in [0.15, 0.2) is 18.2 Å². The van der Waals surface area contributed by atoms with E-state index < -0.39 is 6.09 Å². The van der Waals surface area contributed by atoms with Gasteiger partial charge in [0.25, 0.3) is 0 Å². The third-order valence-electron chi connectivity index (χ3n) is 4.10. The van der Waals surface area contributed by atoms with Crippen molar-refractivity contribution < 1.29 is 9.53 Å². The highest BCUT2D eigenvalue weighted by Gasteiger charge is 2.21. The zero-order chi connectivity index (χ0) is 17.1. The number of benzene rings is 1. The van der Waals surface area contributed by atoms with Crippen LogP contribution in [0, 0.1) is 0 Å². The Bertz CT molecular complexity index is 721. The van der Waals surface area contributed by atoms with Gasteiger partial charge in [-0.3, -0.25) is 0 Å². The van der Waals surface area contributed by atoms with E-state index in [-0.39, 0.29) is 0 Å². The fourth-order valence-electron chi connectivity index (χ4n) is 2.93. The molecule has 2 heterocycles. The highest BCUT2D eigenvalue weighted by atomic mass is 16.5. The number of hydrogen-bond acceptors (Lipinski definition) is 6. The van der Waals surface area contributed by atoms with E-state index >= 15 is 0 Å². The van der Waals surface area contributed by atoms with Crippen LogP contribution < -0.4 is 20.7 Å². The number of anilines is 1. The number of ether oxygens (including phenoxy) is 1. The Balaban J connectivity index is 2.05. The Morgan fingerprint density at radius 2 is 2.12 bits per heavy atom. The molecule has 3 rings (SSSR count). The van der Waals surface area contributed by atoms with Gasteiger partial charge in [-0.1, -0.05) is 6.07 Å². The summed E-state index contributed by atoms with van der Waals surface area (Å²) in [7, 11) is 4.09. The summed E-state index contributed by atoms with van der Waals surface area (Å²) in [5, 5.41) is 3.35. The number of carbonyl (C=O) groups excluding carboxylic acids is 1. The van der Waals surface area contributed by atoms with Gasteiger partial charge in [0.2, 0.25) is 5.95 Å². The van der Waals surface area contributed by atoms with Crippen molar-refractivity contribution >= 4 is 23.1 Å². The molecular formula is C16H24N6O2. The van der Waals surface area contributed by atoms with Crippen LogP contribution in [0.2, 0.25) is 0 Å². The van der Waals surface area contributed by atoms with Crippen LogP contribution in [0.3, 0.4) is 0 Å². The van der Waals surface area contributed by atoms with Gasteiger partial charge in [-0.05, 0) is 26.2 Å². The van der Waals surface area contributed by atoms with Crippen molar-refractivity contribution in [1.29, 1.82) is 0 Å². The lowest BCUT2D eigenvalue weighted by Crippen LogP contribution is -2.44. The topological polar surface area (TPSA) is 88.7 Å². The summed E-state index contributed by atoms with van der Waals surface area (Å²) in [6, 6.07) is 5.57. The van der Waals surface area contributed by atoms with Gasteiger partial charge >= 0.3 is 6.09 Å². The maximum absolute atomic E-state index is 11.2. The number of likely N-dealkylation sites (N-methyl/N-ethyl adjacent to an activating group) is 1. The molecule has 0 atom stereocenters. The number of nitrogens with one attached hydrogen (secondary N) is 1. The molecule has 2 aromatic rings. The molecule has 0 saturated carbocycles. The number of para-hydroxylation sites is 1. The molecule has 1 saturated heterocycles. The Morgan fingerprint density at radius 1 is 1.38 bits per heavy atom. The number of nitrogens with two attached hydrogens (primary N) is 1. The summed E-state index contributed by atoms with van der Waals surface area (Å²) in [6.07, 6.45) is -0.825. The summed E-state index contributed by atoms with van der Waals surface area (Å²) in [4.78, 5) is 20.3. The molecule has 1 aliphatic heterocycles. The van der Waals surface area contributed by atoms with Gasteiger partial charge in [0, 0.05) is 39.3 Å². The molecule has 0 unspecified atom stereocenters. The van der Waals surface area contributed by atoms with Gasteiger partial charge in [0.15, 0.2) is 5.75 Å². The SMILES string of the molecule is CN(C)CCn1c(N2CCNCC2)nc2c(OC(N)=O)cccc21. The fourth-order valence-corrected chi connectivity index (χ4v) is 2.93. The summed E-state index contributed by atoms with van der Waals surface area (Å²) in [6.45, 7) is 5.37. The molecule has 24 heavy (non-hydrogen) atoms. The first kappa shape index (κ1) is 16.5. The van der Waals surface area contributed by atoms with Gasteiger partial charge in [0.1, 0.15) is 5.52 Å². The Hall–Kier alpha value is -2.32. The lowest BCUT2D eigenvalue weighted by molar-refractivity contribution is 0.211. The standard InChI is InChI=1S/C16H24N6O2/c1-20(2)10-11-22-12-4-3-5-13(24-15(17)23)14(12)19-16(22)21-8-6-18-7-9-21/h3-5,18H,6-11H2,1-2H3,(H2,17,23). The van der Waals surface area contributed by atoms with Crippen LogP contribution in [0.5, 0.6) is 5.75 Å². The zero-order valence-electron chi connectivity index (χ0n) is 14.2. The van der Waals surface area contributed by atoms with Crippen molar-refractivity contribution in [1.82, 2.24) is 19.8 Å². The van der Waals surface area contributed by atoms with Crippen LogP contribution in [0.1, 0.15) is 0 Å². The number of hydrogen-bond donors (Lipinski definition) is 2. The first-order chi connectivity index (χ1) is 11.6. The second kappa shape index (κ2) is 7.06. The van der Waals surface area contributed by atoms with Gasteiger partial charge < -0.3 is 30.2 Å². The molecule has 0 spiro atoms. The number of fused-ring (bicyclic) bond motifs is 1. The molecule has 1 fully saturated rings. The quantitative estimate of drug-likeness (QED) is 0.827. The highest BCUT2D eigenvalue weighted by Crippen LogP contribution is 2.30. The summed E-state index contributed by atoms with van der Waals surface area (Å²) < 4.78 is 7.32. The number of carbonyl (C=O) groups is 1.